The molecule has 1 heterocycles. The van der Waals surface area contributed by atoms with Crippen molar-refractivity contribution in [1.29, 1.82) is 0 Å². The van der Waals surface area contributed by atoms with Gasteiger partial charge in [0.05, 0.1) is 17.6 Å². The van der Waals surface area contributed by atoms with Gasteiger partial charge in [-0.15, -0.1) is 0 Å². The van der Waals surface area contributed by atoms with Crippen LogP contribution >= 0.6 is 0 Å². The summed E-state index contributed by atoms with van der Waals surface area (Å²) in [6.07, 6.45) is 0. The van der Waals surface area contributed by atoms with E-state index in [0.717, 1.165) is 5.56 Å². The zero-order chi connectivity index (χ0) is 20.4. The highest BCUT2D eigenvalue weighted by atomic mass is 19.1. The van der Waals surface area contributed by atoms with Gasteiger partial charge in [-0.3, -0.25) is 9.59 Å². The van der Waals surface area contributed by atoms with Crippen LogP contribution in [0.15, 0.2) is 77.6 Å². The van der Waals surface area contributed by atoms with Gasteiger partial charge in [0.15, 0.2) is 5.69 Å². The van der Waals surface area contributed by atoms with Gasteiger partial charge in [0.25, 0.3) is 11.5 Å². The fraction of sp³-hybridized carbons (Fsp3) is 0.0870. The number of rotatable bonds is 4. The number of aromatic nitrogens is 2. The monoisotopic (exact) mass is 387 g/mol. The number of carbonyl (C=O) groups excluding carboxylic acids is 1. The van der Waals surface area contributed by atoms with Gasteiger partial charge in [0.1, 0.15) is 5.82 Å². The number of nitrogens with one attached hydrogen (secondary N) is 1. The minimum Gasteiger partial charge on any atom is -0.320 e. The molecule has 0 unspecified atom stereocenters. The fourth-order valence-electron chi connectivity index (χ4n) is 3.21. The van der Waals surface area contributed by atoms with Crippen molar-refractivity contribution in [3.05, 3.63) is 106 Å². The van der Waals surface area contributed by atoms with Crippen LogP contribution in [0.25, 0.3) is 11.0 Å². The van der Waals surface area contributed by atoms with Crippen LogP contribution in [0.4, 0.5) is 10.1 Å². The van der Waals surface area contributed by atoms with Crippen molar-refractivity contribution in [3.8, 4) is 0 Å². The summed E-state index contributed by atoms with van der Waals surface area (Å²) in [4.78, 5) is 30.3. The third kappa shape index (κ3) is 3.78. The first-order valence-electron chi connectivity index (χ1n) is 9.14. The molecule has 1 N–H and O–H groups in total. The highest BCUT2D eigenvalue weighted by Gasteiger charge is 2.18. The molecule has 0 fully saturated rings. The largest absolute Gasteiger partial charge is 0.320 e. The maximum Gasteiger partial charge on any atom is 0.283 e. The standard InChI is InChI=1S/C23H18FN3O2/c1-15-13-17(24)11-12-18(15)26-22(28)21-23(29)27(14-16-7-3-2-4-8-16)20-10-6-5-9-19(20)25-21/h2-13H,14H2,1H3,(H,26,28). The Bertz CT molecular complexity index is 1270. The van der Waals surface area contributed by atoms with E-state index in [9.17, 15) is 14.0 Å². The van der Waals surface area contributed by atoms with Crippen LogP contribution in [0.1, 0.15) is 21.6 Å². The van der Waals surface area contributed by atoms with E-state index < -0.39 is 17.3 Å². The summed E-state index contributed by atoms with van der Waals surface area (Å²) < 4.78 is 14.9. The summed E-state index contributed by atoms with van der Waals surface area (Å²) in [6.45, 7) is 2.00. The molecule has 0 spiro atoms. The number of amides is 1. The number of anilines is 1. The molecule has 144 valence electrons. The van der Waals surface area contributed by atoms with Crippen LogP contribution in [0.3, 0.4) is 0 Å². The van der Waals surface area contributed by atoms with Crippen LogP contribution in [-0.4, -0.2) is 15.5 Å². The summed E-state index contributed by atoms with van der Waals surface area (Å²) in [7, 11) is 0. The number of hydrogen-bond acceptors (Lipinski definition) is 3. The molecule has 0 aliphatic rings. The van der Waals surface area contributed by atoms with E-state index in [1.807, 2.05) is 36.4 Å². The van der Waals surface area contributed by atoms with Gasteiger partial charge in [-0.05, 0) is 48.4 Å². The van der Waals surface area contributed by atoms with Crippen LogP contribution < -0.4 is 10.9 Å². The molecular formula is C23H18FN3O2. The van der Waals surface area contributed by atoms with Crippen LogP contribution in [0.5, 0.6) is 0 Å². The normalized spacial score (nSPS) is 10.8. The highest BCUT2D eigenvalue weighted by Crippen LogP contribution is 2.17. The van der Waals surface area contributed by atoms with E-state index >= 15 is 0 Å². The lowest BCUT2D eigenvalue weighted by Crippen LogP contribution is -2.31. The number of benzene rings is 3. The molecule has 0 saturated heterocycles. The number of aryl methyl sites for hydroxylation is 1. The molecular weight excluding hydrogens is 369 g/mol. The van der Waals surface area contributed by atoms with Crippen LogP contribution in [-0.2, 0) is 6.54 Å². The van der Waals surface area contributed by atoms with E-state index in [1.54, 1.807) is 29.7 Å². The Morgan fingerprint density at radius 3 is 2.52 bits per heavy atom. The first-order valence-corrected chi connectivity index (χ1v) is 9.14. The first kappa shape index (κ1) is 18.6. The molecule has 0 aliphatic carbocycles. The second kappa shape index (κ2) is 7.67. The van der Waals surface area contributed by atoms with Gasteiger partial charge in [0, 0.05) is 5.69 Å². The molecule has 4 rings (SSSR count). The second-order valence-electron chi connectivity index (χ2n) is 6.74. The maximum absolute atomic E-state index is 13.3. The molecule has 0 atom stereocenters. The molecule has 5 nitrogen and oxygen atoms in total. The zero-order valence-electron chi connectivity index (χ0n) is 15.7. The summed E-state index contributed by atoms with van der Waals surface area (Å²) in [5.74, 6) is -1.02. The Morgan fingerprint density at radius 1 is 1.03 bits per heavy atom. The number of nitrogens with zero attached hydrogens (tertiary/aromatic N) is 2. The third-order valence-electron chi connectivity index (χ3n) is 4.69. The third-order valence-corrected chi connectivity index (χ3v) is 4.69. The van der Waals surface area contributed by atoms with Gasteiger partial charge in [-0.2, -0.15) is 0 Å². The van der Waals surface area contributed by atoms with Gasteiger partial charge in [0.2, 0.25) is 0 Å². The lowest BCUT2D eigenvalue weighted by Gasteiger charge is -2.13. The number of hydrogen-bond donors (Lipinski definition) is 1. The highest BCUT2D eigenvalue weighted by molar-refractivity contribution is 6.03. The number of halogens is 1. The predicted octanol–water partition coefficient (Wildman–Crippen LogP) is 4.14. The SMILES string of the molecule is Cc1cc(F)ccc1NC(=O)c1nc2ccccc2n(Cc2ccccc2)c1=O. The number of carbonyl (C=O) groups is 1. The van der Waals surface area contributed by atoms with Crippen molar-refractivity contribution in [2.45, 2.75) is 13.5 Å². The van der Waals surface area contributed by atoms with E-state index in [0.29, 0.717) is 28.8 Å². The van der Waals surface area contributed by atoms with Crippen molar-refractivity contribution in [2.75, 3.05) is 5.32 Å². The van der Waals surface area contributed by atoms with Crippen molar-refractivity contribution in [2.24, 2.45) is 0 Å². The maximum atomic E-state index is 13.3. The predicted molar refractivity (Wildman–Crippen MR) is 111 cm³/mol. The molecule has 1 aromatic heterocycles. The van der Waals surface area contributed by atoms with Crippen molar-refractivity contribution in [3.63, 3.8) is 0 Å². The molecule has 4 aromatic rings. The molecule has 3 aromatic carbocycles. The summed E-state index contributed by atoms with van der Waals surface area (Å²) in [6, 6.07) is 20.8. The van der Waals surface area contributed by atoms with Gasteiger partial charge in [-0.25, -0.2) is 9.37 Å². The molecule has 6 heteroatoms. The van der Waals surface area contributed by atoms with Crippen LogP contribution in [0, 0.1) is 12.7 Å². The van der Waals surface area contributed by atoms with Crippen molar-refractivity contribution >= 4 is 22.6 Å². The Kier molecular flexibility index (Phi) is 4.91. The Labute approximate surface area is 166 Å². The second-order valence-corrected chi connectivity index (χ2v) is 6.74. The van der Waals surface area contributed by atoms with E-state index in [1.165, 1.54) is 18.2 Å². The zero-order valence-corrected chi connectivity index (χ0v) is 15.7. The Balaban J connectivity index is 1.79. The molecule has 0 bridgehead atoms. The topological polar surface area (TPSA) is 64.0 Å². The van der Waals surface area contributed by atoms with E-state index in [2.05, 4.69) is 10.3 Å². The molecule has 1 amide bonds. The summed E-state index contributed by atoms with van der Waals surface area (Å²) >= 11 is 0. The Morgan fingerprint density at radius 2 is 1.76 bits per heavy atom. The number of para-hydroxylation sites is 2. The quantitative estimate of drug-likeness (QED) is 0.572. The molecule has 0 aliphatic heterocycles. The molecule has 0 saturated carbocycles. The lowest BCUT2D eigenvalue weighted by atomic mass is 10.2. The van der Waals surface area contributed by atoms with Crippen LogP contribution in [0.2, 0.25) is 0 Å². The number of fused-ring (bicyclic) bond motifs is 1. The van der Waals surface area contributed by atoms with Gasteiger partial charge in [-0.1, -0.05) is 42.5 Å². The molecule has 29 heavy (non-hydrogen) atoms. The average molecular weight is 387 g/mol. The van der Waals surface area contributed by atoms with E-state index in [4.69, 9.17) is 0 Å². The van der Waals surface area contributed by atoms with E-state index in [-0.39, 0.29) is 5.69 Å². The smallest absolute Gasteiger partial charge is 0.283 e. The van der Waals surface area contributed by atoms with Crippen molar-refractivity contribution < 1.29 is 9.18 Å². The van der Waals surface area contributed by atoms with Gasteiger partial charge < -0.3 is 9.88 Å². The Hall–Kier alpha value is -3.80. The molecule has 0 radical (unpaired) electrons. The average Bonchev–Trinajstić information content (AvgIpc) is 2.72. The van der Waals surface area contributed by atoms with Crippen molar-refractivity contribution in [1.82, 2.24) is 9.55 Å². The minimum absolute atomic E-state index is 0.205. The lowest BCUT2D eigenvalue weighted by molar-refractivity contribution is 0.102. The summed E-state index contributed by atoms with van der Waals surface area (Å²) in [5, 5.41) is 2.67. The van der Waals surface area contributed by atoms with Gasteiger partial charge >= 0.3 is 0 Å². The fourth-order valence-corrected chi connectivity index (χ4v) is 3.21. The first-order chi connectivity index (χ1) is 14.0. The summed E-state index contributed by atoms with van der Waals surface area (Å²) in [5.41, 5.74) is 2.43. The minimum atomic E-state index is -0.628.